The van der Waals surface area contributed by atoms with Gasteiger partial charge in [-0.2, -0.15) is 0 Å². The van der Waals surface area contributed by atoms with Gasteiger partial charge in [-0.3, -0.25) is 9.89 Å². The van der Waals surface area contributed by atoms with Crippen LogP contribution in [0.25, 0.3) is 0 Å². The Kier molecular flexibility index (Phi) is 10.1. The highest BCUT2D eigenvalue weighted by Gasteiger charge is 2.27. The average Bonchev–Trinajstić information content (AvgIpc) is 3.50. The molecule has 0 amide bonds. The molecular formula is C24H43IN6O. The summed E-state index contributed by atoms with van der Waals surface area (Å²) in [5.41, 5.74) is 1.01. The van der Waals surface area contributed by atoms with E-state index in [9.17, 15) is 0 Å². The largest absolute Gasteiger partial charge is 0.444 e. The fourth-order valence-electron chi connectivity index (χ4n) is 5.45. The summed E-state index contributed by atoms with van der Waals surface area (Å²) in [6.45, 7) is 11.7. The van der Waals surface area contributed by atoms with Gasteiger partial charge >= 0.3 is 0 Å². The maximum atomic E-state index is 5.75. The highest BCUT2D eigenvalue weighted by molar-refractivity contribution is 14.0. The third kappa shape index (κ3) is 7.32. The number of guanidine groups is 1. The molecular weight excluding hydrogens is 515 g/mol. The molecule has 2 aliphatic heterocycles. The number of piperidine rings is 1. The van der Waals surface area contributed by atoms with Crippen LogP contribution in [0.15, 0.2) is 9.41 Å². The Morgan fingerprint density at radius 3 is 2.41 bits per heavy atom. The van der Waals surface area contributed by atoms with Gasteiger partial charge in [0.05, 0.1) is 12.2 Å². The minimum Gasteiger partial charge on any atom is -0.444 e. The second-order valence-electron chi connectivity index (χ2n) is 9.96. The highest BCUT2D eigenvalue weighted by Crippen LogP contribution is 2.26. The van der Waals surface area contributed by atoms with E-state index in [0.717, 1.165) is 61.9 Å². The second-order valence-corrected chi connectivity index (χ2v) is 9.96. The van der Waals surface area contributed by atoms with Crippen LogP contribution in [-0.2, 0) is 6.54 Å². The molecule has 2 saturated heterocycles. The van der Waals surface area contributed by atoms with Crippen LogP contribution in [0.1, 0.15) is 62.3 Å². The minimum absolute atomic E-state index is 0. The van der Waals surface area contributed by atoms with Crippen LogP contribution >= 0.6 is 24.0 Å². The molecule has 7 nitrogen and oxygen atoms in total. The van der Waals surface area contributed by atoms with Gasteiger partial charge in [0.25, 0.3) is 0 Å². The minimum atomic E-state index is 0. The van der Waals surface area contributed by atoms with Gasteiger partial charge in [0.15, 0.2) is 5.96 Å². The molecule has 32 heavy (non-hydrogen) atoms. The van der Waals surface area contributed by atoms with Crippen molar-refractivity contribution in [3.63, 3.8) is 0 Å². The van der Waals surface area contributed by atoms with Crippen LogP contribution < -0.4 is 10.6 Å². The number of hydrogen-bond acceptors (Lipinski definition) is 5. The number of hydrogen-bond donors (Lipinski definition) is 2. The van der Waals surface area contributed by atoms with Gasteiger partial charge in [-0.05, 0) is 70.9 Å². The lowest BCUT2D eigenvalue weighted by Crippen LogP contribution is -2.47. The van der Waals surface area contributed by atoms with Crippen molar-refractivity contribution in [1.82, 2.24) is 25.4 Å². The number of aryl methyl sites for hydroxylation is 2. The molecule has 2 N–H and O–H groups in total. The van der Waals surface area contributed by atoms with Crippen molar-refractivity contribution < 1.29 is 4.42 Å². The van der Waals surface area contributed by atoms with Crippen LogP contribution in [0.5, 0.6) is 0 Å². The van der Waals surface area contributed by atoms with Gasteiger partial charge < -0.3 is 20.0 Å². The molecule has 1 unspecified atom stereocenters. The van der Waals surface area contributed by atoms with E-state index >= 15 is 0 Å². The highest BCUT2D eigenvalue weighted by atomic mass is 127. The number of oxazole rings is 1. The molecule has 1 atom stereocenters. The van der Waals surface area contributed by atoms with Gasteiger partial charge in [-0.1, -0.05) is 12.8 Å². The SMILES string of the molecule is CN=C(NCC1CCN(Cc2nc(C)c(C)o2)CC1)NC1CCN(CC2CCCC2)C1.I. The maximum Gasteiger partial charge on any atom is 0.208 e. The summed E-state index contributed by atoms with van der Waals surface area (Å²) < 4.78 is 5.75. The zero-order valence-corrected chi connectivity index (χ0v) is 22.6. The van der Waals surface area contributed by atoms with Crippen molar-refractivity contribution in [1.29, 1.82) is 0 Å². The molecule has 3 fully saturated rings. The maximum absolute atomic E-state index is 5.75. The smallest absolute Gasteiger partial charge is 0.208 e. The lowest BCUT2D eigenvalue weighted by Gasteiger charge is -2.31. The van der Waals surface area contributed by atoms with E-state index in [1.54, 1.807) is 0 Å². The van der Waals surface area contributed by atoms with E-state index in [0.29, 0.717) is 12.0 Å². The average molecular weight is 559 g/mol. The molecule has 0 aromatic carbocycles. The Labute approximate surface area is 211 Å². The Morgan fingerprint density at radius 1 is 1.03 bits per heavy atom. The predicted octanol–water partition coefficient (Wildman–Crippen LogP) is 3.55. The molecule has 182 valence electrons. The molecule has 1 aliphatic carbocycles. The molecule has 3 aliphatic rings. The molecule has 1 saturated carbocycles. The number of nitrogens with zero attached hydrogens (tertiary/aromatic N) is 4. The van der Waals surface area contributed by atoms with Crippen molar-refractivity contribution in [2.45, 2.75) is 71.4 Å². The molecule has 4 rings (SSSR count). The van der Waals surface area contributed by atoms with E-state index in [4.69, 9.17) is 4.42 Å². The molecule has 3 heterocycles. The normalized spacial score (nSPS) is 24.1. The summed E-state index contributed by atoms with van der Waals surface area (Å²) >= 11 is 0. The molecule has 0 radical (unpaired) electrons. The van der Waals surface area contributed by atoms with Gasteiger partial charge in [-0.25, -0.2) is 4.98 Å². The second kappa shape index (κ2) is 12.6. The third-order valence-corrected chi connectivity index (χ3v) is 7.52. The van der Waals surface area contributed by atoms with Crippen molar-refractivity contribution in [2.75, 3.05) is 46.3 Å². The van der Waals surface area contributed by atoms with Crippen LogP contribution in [0, 0.1) is 25.7 Å². The van der Waals surface area contributed by atoms with E-state index < -0.39 is 0 Å². The third-order valence-electron chi connectivity index (χ3n) is 7.52. The monoisotopic (exact) mass is 558 g/mol. The summed E-state index contributed by atoms with van der Waals surface area (Å²) in [6.07, 6.45) is 9.40. The van der Waals surface area contributed by atoms with E-state index in [-0.39, 0.29) is 24.0 Å². The van der Waals surface area contributed by atoms with E-state index in [1.165, 1.54) is 58.0 Å². The molecule has 0 spiro atoms. The van der Waals surface area contributed by atoms with Gasteiger partial charge in [0.1, 0.15) is 5.76 Å². The zero-order valence-electron chi connectivity index (χ0n) is 20.2. The molecule has 0 bridgehead atoms. The van der Waals surface area contributed by atoms with Gasteiger partial charge in [0.2, 0.25) is 5.89 Å². The summed E-state index contributed by atoms with van der Waals surface area (Å²) in [7, 11) is 1.89. The molecule has 8 heteroatoms. The fourth-order valence-corrected chi connectivity index (χ4v) is 5.45. The number of aromatic nitrogens is 1. The standard InChI is InChI=1S/C24H42N6O.HI/c1-18-19(2)31-23(27-18)17-29-11-8-20(9-12-29)14-26-24(25-3)28-22-10-13-30(16-22)15-21-6-4-5-7-21;/h20-22H,4-17H2,1-3H3,(H2,25,26,28);1H. The van der Waals surface area contributed by atoms with E-state index in [1.807, 2.05) is 20.9 Å². The number of aliphatic imine (C=N–C) groups is 1. The Hall–Kier alpha value is -0.870. The Bertz CT molecular complexity index is 705. The Morgan fingerprint density at radius 2 is 1.75 bits per heavy atom. The molecule has 1 aromatic rings. The first-order valence-corrected chi connectivity index (χ1v) is 12.4. The number of halogens is 1. The lowest BCUT2D eigenvalue weighted by molar-refractivity contribution is 0.164. The van der Waals surface area contributed by atoms with E-state index in [2.05, 4.69) is 30.4 Å². The van der Waals surface area contributed by atoms with Crippen LogP contribution in [0.4, 0.5) is 0 Å². The summed E-state index contributed by atoms with van der Waals surface area (Å²) in [5, 5.41) is 7.28. The lowest BCUT2D eigenvalue weighted by atomic mass is 9.97. The Balaban J connectivity index is 0.00000289. The first-order chi connectivity index (χ1) is 15.1. The summed E-state index contributed by atoms with van der Waals surface area (Å²) in [6, 6.07) is 0.530. The number of likely N-dealkylation sites (tertiary alicyclic amines) is 2. The number of nitrogens with one attached hydrogen (secondary N) is 2. The van der Waals surface area contributed by atoms with Crippen molar-refractivity contribution in [3.05, 3.63) is 17.3 Å². The number of rotatable bonds is 7. The topological polar surface area (TPSA) is 68.9 Å². The van der Waals surface area contributed by atoms with Gasteiger partial charge in [-0.15, -0.1) is 24.0 Å². The quantitative estimate of drug-likeness (QED) is 0.303. The van der Waals surface area contributed by atoms with Crippen LogP contribution in [0.2, 0.25) is 0 Å². The first-order valence-electron chi connectivity index (χ1n) is 12.4. The predicted molar refractivity (Wildman–Crippen MR) is 141 cm³/mol. The van der Waals surface area contributed by atoms with Crippen LogP contribution in [-0.4, -0.2) is 73.1 Å². The first kappa shape index (κ1) is 25.7. The van der Waals surface area contributed by atoms with Crippen LogP contribution in [0.3, 0.4) is 0 Å². The fraction of sp³-hybridized carbons (Fsp3) is 0.833. The van der Waals surface area contributed by atoms with Crippen molar-refractivity contribution in [3.8, 4) is 0 Å². The van der Waals surface area contributed by atoms with Crippen molar-refractivity contribution >= 4 is 29.9 Å². The summed E-state index contributed by atoms with van der Waals surface area (Å²) in [4.78, 5) is 14.1. The zero-order chi connectivity index (χ0) is 21.6. The summed E-state index contributed by atoms with van der Waals surface area (Å²) in [5.74, 6) is 4.41. The van der Waals surface area contributed by atoms with Gasteiger partial charge in [0, 0.05) is 39.3 Å². The molecule has 1 aromatic heterocycles. The van der Waals surface area contributed by atoms with Crippen molar-refractivity contribution in [2.24, 2.45) is 16.8 Å².